The maximum absolute atomic E-state index is 12.8. The molecule has 2 aliphatic rings. The first-order chi connectivity index (χ1) is 10.8. The van der Waals surface area contributed by atoms with Crippen LogP contribution in [0, 0.1) is 31.6 Å². The summed E-state index contributed by atoms with van der Waals surface area (Å²) in [5.74, 6) is -1.08. The average molecular weight is 318 g/mol. The van der Waals surface area contributed by atoms with Gasteiger partial charge in [-0.3, -0.25) is 14.4 Å². The van der Waals surface area contributed by atoms with E-state index < -0.39 is 11.9 Å². The largest absolute Gasteiger partial charge is 0.481 e. The molecule has 1 amide bonds. The number of aryl methyl sites for hydroxylation is 1. The number of carboxylic acids is 1. The number of aromatic amines is 1. The van der Waals surface area contributed by atoms with Gasteiger partial charge in [-0.05, 0) is 51.0 Å². The molecule has 124 valence electrons. The summed E-state index contributed by atoms with van der Waals surface area (Å²) >= 11 is 0. The number of likely N-dealkylation sites (tertiary alicyclic amines) is 1. The highest BCUT2D eigenvalue weighted by Crippen LogP contribution is 2.44. The van der Waals surface area contributed by atoms with Crippen molar-refractivity contribution in [1.29, 1.82) is 0 Å². The van der Waals surface area contributed by atoms with Crippen molar-refractivity contribution in [2.75, 3.05) is 13.1 Å². The third-order valence-corrected chi connectivity index (χ3v) is 5.20. The molecule has 0 spiro atoms. The lowest BCUT2D eigenvalue weighted by atomic mass is 9.92. The molecule has 2 heterocycles. The van der Waals surface area contributed by atoms with Crippen LogP contribution in [-0.2, 0) is 4.79 Å². The van der Waals surface area contributed by atoms with Crippen LogP contribution in [0.3, 0.4) is 0 Å². The van der Waals surface area contributed by atoms with E-state index in [1.165, 1.54) is 6.92 Å². The fourth-order valence-corrected chi connectivity index (χ4v) is 3.91. The summed E-state index contributed by atoms with van der Waals surface area (Å²) in [5.41, 5.74) is 2.31. The van der Waals surface area contributed by atoms with Crippen molar-refractivity contribution in [2.45, 2.75) is 33.6 Å². The molecular weight excluding hydrogens is 296 g/mol. The van der Waals surface area contributed by atoms with E-state index >= 15 is 0 Å². The highest BCUT2D eigenvalue weighted by molar-refractivity contribution is 6.02. The van der Waals surface area contributed by atoms with E-state index in [0.29, 0.717) is 35.0 Å². The van der Waals surface area contributed by atoms with E-state index in [-0.39, 0.29) is 24.2 Å². The summed E-state index contributed by atoms with van der Waals surface area (Å²) < 4.78 is 0. The molecule has 6 nitrogen and oxygen atoms in total. The van der Waals surface area contributed by atoms with Crippen LogP contribution in [0.15, 0.2) is 0 Å². The van der Waals surface area contributed by atoms with Gasteiger partial charge < -0.3 is 15.0 Å². The van der Waals surface area contributed by atoms with Crippen LogP contribution >= 0.6 is 0 Å². The van der Waals surface area contributed by atoms with Crippen LogP contribution < -0.4 is 0 Å². The van der Waals surface area contributed by atoms with E-state index in [4.69, 9.17) is 0 Å². The Morgan fingerprint density at radius 2 is 1.83 bits per heavy atom. The quantitative estimate of drug-likeness (QED) is 0.831. The number of nitrogens with one attached hydrogen (secondary N) is 1. The summed E-state index contributed by atoms with van der Waals surface area (Å²) in [6, 6.07) is 0. The normalized spacial score (nSPS) is 24.0. The fourth-order valence-electron chi connectivity index (χ4n) is 3.91. The number of carbonyl (C=O) groups excluding carboxylic acids is 2. The molecule has 6 heteroatoms. The number of carboxylic acid groups (broad SMARTS) is 1. The van der Waals surface area contributed by atoms with Crippen molar-refractivity contribution >= 4 is 17.7 Å². The standard InChI is InChI=1S/C17H22N2O4/c1-8-14(10(3)20)9(2)18-15(8)16(21)19-6-12(11-4-5-11)13(7-19)17(22)23/h11-13,18H,4-7H2,1-3H3,(H,22,23)/t12-,13+/m1/s1. The molecule has 0 bridgehead atoms. The monoisotopic (exact) mass is 318 g/mol. The first-order valence-corrected chi connectivity index (χ1v) is 8.03. The molecular formula is C17H22N2O4. The summed E-state index contributed by atoms with van der Waals surface area (Å²) in [5, 5.41) is 9.42. The van der Waals surface area contributed by atoms with Gasteiger partial charge in [-0.25, -0.2) is 0 Å². The van der Waals surface area contributed by atoms with Crippen molar-refractivity contribution in [1.82, 2.24) is 9.88 Å². The molecule has 1 saturated heterocycles. The molecule has 1 aliphatic heterocycles. The SMILES string of the molecule is CC(=O)c1c(C)[nH]c(C(=O)N2C[C@H](C(=O)O)[C@@H](C3CC3)C2)c1C. The number of carbonyl (C=O) groups is 3. The minimum Gasteiger partial charge on any atom is -0.481 e. The Kier molecular flexibility index (Phi) is 3.78. The van der Waals surface area contributed by atoms with Crippen LogP contribution in [0.25, 0.3) is 0 Å². The maximum atomic E-state index is 12.8. The average Bonchev–Trinajstić information content (AvgIpc) is 3.13. The van der Waals surface area contributed by atoms with E-state index in [9.17, 15) is 19.5 Å². The third-order valence-electron chi connectivity index (χ3n) is 5.20. The Bertz CT molecular complexity index is 687. The number of aliphatic carboxylic acids is 1. The Morgan fingerprint density at radius 3 is 2.30 bits per heavy atom. The molecule has 1 aromatic rings. The number of Topliss-reactive ketones (excluding diaryl/α,β-unsaturated/α-hetero) is 1. The van der Waals surface area contributed by atoms with E-state index in [0.717, 1.165) is 12.8 Å². The zero-order valence-corrected chi connectivity index (χ0v) is 13.7. The molecule has 23 heavy (non-hydrogen) atoms. The number of hydrogen-bond acceptors (Lipinski definition) is 3. The molecule has 2 fully saturated rings. The molecule has 1 saturated carbocycles. The predicted molar refractivity (Wildman–Crippen MR) is 83.5 cm³/mol. The minimum atomic E-state index is -0.819. The summed E-state index contributed by atoms with van der Waals surface area (Å²) in [6.07, 6.45) is 2.12. The number of amides is 1. The highest BCUT2D eigenvalue weighted by atomic mass is 16.4. The molecule has 2 atom stereocenters. The van der Waals surface area contributed by atoms with Gasteiger partial charge >= 0.3 is 5.97 Å². The van der Waals surface area contributed by atoms with Crippen LogP contribution in [0.2, 0.25) is 0 Å². The van der Waals surface area contributed by atoms with Gasteiger partial charge in [-0.1, -0.05) is 0 Å². The lowest BCUT2D eigenvalue weighted by molar-refractivity contribution is -0.142. The van der Waals surface area contributed by atoms with Gasteiger partial charge in [-0.15, -0.1) is 0 Å². The van der Waals surface area contributed by atoms with Gasteiger partial charge in [0, 0.05) is 24.3 Å². The Morgan fingerprint density at radius 1 is 1.17 bits per heavy atom. The van der Waals surface area contributed by atoms with E-state index in [1.54, 1.807) is 18.7 Å². The molecule has 2 N–H and O–H groups in total. The number of nitrogens with zero attached hydrogens (tertiary/aromatic N) is 1. The molecule has 1 aromatic heterocycles. The van der Waals surface area contributed by atoms with Gasteiger partial charge in [0.25, 0.3) is 5.91 Å². The number of aromatic nitrogens is 1. The smallest absolute Gasteiger partial charge is 0.308 e. The molecule has 0 aromatic carbocycles. The molecule has 0 unspecified atom stereocenters. The molecule has 3 rings (SSSR count). The number of rotatable bonds is 4. The fraction of sp³-hybridized carbons (Fsp3) is 0.588. The van der Waals surface area contributed by atoms with Crippen molar-refractivity contribution in [3.8, 4) is 0 Å². The zero-order valence-electron chi connectivity index (χ0n) is 13.7. The summed E-state index contributed by atoms with van der Waals surface area (Å²) in [6.45, 7) is 5.76. The van der Waals surface area contributed by atoms with Crippen molar-refractivity contribution in [3.63, 3.8) is 0 Å². The number of H-pyrrole nitrogens is 1. The number of ketones is 1. The summed E-state index contributed by atoms with van der Waals surface area (Å²) in [7, 11) is 0. The van der Waals surface area contributed by atoms with Crippen LogP contribution in [0.5, 0.6) is 0 Å². The third kappa shape index (κ3) is 2.66. The van der Waals surface area contributed by atoms with Gasteiger partial charge in [0.05, 0.1) is 5.92 Å². The number of hydrogen-bond donors (Lipinski definition) is 2. The van der Waals surface area contributed by atoms with E-state index in [2.05, 4.69) is 4.98 Å². The highest BCUT2D eigenvalue weighted by Gasteiger charge is 2.47. The topological polar surface area (TPSA) is 90.5 Å². The van der Waals surface area contributed by atoms with Crippen LogP contribution in [0.1, 0.15) is 51.9 Å². The van der Waals surface area contributed by atoms with Gasteiger partial charge in [0.15, 0.2) is 5.78 Å². The lowest BCUT2D eigenvalue weighted by Gasteiger charge is -2.16. The zero-order chi connectivity index (χ0) is 16.9. The van der Waals surface area contributed by atoms with Crippen molar-refractivity contribution < 1.29 is 19.5 Å². The van der Waals surface area contributed by atoms with E-state index in [1.807, 2.05) is 0 Å². The van der Waals surface area contributed by atoms with Crippen LogP contribution in [-0.4, -0.2) is 45.7 Å². The predicted octanol–water partition coefficient (Wildman–Crippen LogP) is 2.02. The second-order valence-electron chi connectivity index (χ2n) is 6.84. The summed E-state index contributed by atoms with van der Waals surface area (Å²) in [4.78, 5) is 40.6. The first kappa shape index (κ1) is 15.8. The molecule has 0 radical (unpaired) electrons. The second-order valence-corrected chi connectivity index (χ2v) is 6.84. The second kappa shape index (κ2) is 5.51. The van der Waals surface area contributed by atoms with Crippen LogP contribution in [0.4, 0.5) is 0 Å². The Hall–Kier alpha value is -2.11. The molecule has 1 aliphatic carbocycles. The van der Waals surface area contributed by atoms with Gasteiger partial charge in [-0.2, -0.15) is 0 Å². The van der Waals surface area contributed by atoms with Gasteiger partial charge in [0.1, 0.15) is 5.69 Å². The lowest BCUT2D eigenvalue weighted by Crippen LogP contribution is -2.30. The Labute approximate surface area is 134 Å². The maximum Gasteiger partial charge on any atom is 0.308 e. The van der Waals surface area contributed by atoms with Crippen molar-refractivity contribution in [3.05, 3.63) is 22.5 Å². The minimum absolute atomic E-state index is 0.0556. The first-order valence-electron chi connectivity index (χ1n) is 8.03. The Balaban J connectivity index is 1.85. The van der Waals surface area contributed by atoms with Gasteiger partial charge in [0.2, 0.25) is 0 Å². The van der Waals surface area contributed by atoms with Crippen molar-refractivity contribution in [2.24, 2.45) is 17.8 Å².